The highest BCUT2D eigenvalue weighted by molar-refractivity contribution is 5.91. The monoisotopic (exact) mass is 384 g/mol. The molecule has 0 aliphatic carbocycles. The normalized spacial score (nSPS) is 15.6. The third-order valence-electron chi connectivity index (χ3n) is 5.13. The van der Waals surface area contributed by atoms with E-state index in [0.29, 0.717) is 43.6 Å². The highest BCUT2D eigenvalue weighted by atomic mass is 16.5. The van der Waals surface area contributed by atoms with Crippen molar-refractivity contribution in [2.75, 3.05) is 26.2 Å². The van der Waals surface area contributed by atoms with Gasteiger partial charge < -0.3 is 19.0 Å². The first kappa shape index (κ1) is 20.0. The van der Waals surface area contributed by atoms with Crippen LogP contribution in [0.4, 0.5) is 0 Å². The van der Waals surface area contributed by atoms with Gasteiger partial charge in [0.2, 0.25) is 0 Å². The van der Waals surface area contributed by atoms with Gasteiger partial charge >= 0.3 is 0 Å². The molecule has 0 bridgehead atoms. The van der Waals surface area contributed by atoms with Crippen LogP contribution in [0.15, 0.2) is 41.0 Å². The Morgan fingerprint density at radius 1 is 1.04 bits per heavy atom. The second kappa shape index (κ2) is 8.50. The van der Waals surface area contributed by atoms with Gasteiger partial charge in [-0.2, -0.15) is 0 Å². The van der Waals surface area contributed by atoms with Crippen LogP contribution in [0.2, 0.25) is 0 Å². The average molecular weight is 384 g/mol. The highest BCUT2D eigenvalue weighted by Gasteiger charge is 2.29. The first-order chi connectivity index (χ1) is 13.4. The van der Waals surface area contributed by atoms with Crippen LogP contribution in [0.1, 0.15) is 48.4 Å². The van der Waals surface area contributed by atoms with E-state index in [2.05, 4.69) is 26.8 Å². The maximum atomic E-state index is 12.7. The quantitative estimate of drug-likeness (QED) is 0.792. The molecule has 1 atom stereocenters. The molecule has 2 amide bonds. The van der Waals surface area contributed by atoms with Crippen LogP contribution in [0.5, 0.6) is 5.75 Å². The molecule has 0 N–H and O–H groups in total. The van der Waals surface area contributed by atoms with E-state index >= 15 is 0 Å². The van der Waals surface area contributed by atoms with E-state index in [-0.39, 0.29) is 11.8 Å². The molecule has 0 saturated carbocycles. The van der Waals surface area contributed by atoms with Gasteiger partial charge in [-0.05, 0) is 55.2 Å². The van der Waals surface area contributed by atoms with E-state index in [9.17, 15) is 9.59 Å². The van der Waals surface area contributed by atoms with Crippen molar-refractivity contribution in [3.8, 4) is 5.75 Å². The summed E-state index contributed by atoms with van der Waals surface area (Å²) in [5.74, 6) is 1.29. The van der Waals surface area contributed by atoms with Crippen molar-refractivity contribution in [3.63, 3.8) is 0 Å². The second-order valence-electron chi connectivity index (χ2n) is 7.53. The summed E-state index contributed by atoms with van der Waals surface area (Å²) < 4.78 is 11.1. The number of ether oxygens (including phenoxy) is 1. The summed E-state index contributed by atoms with van der Waals surface area (Å²) in [6, 6.07) is 9.32. The number of amides is 2. The zero-order chi connectivity index (χ0) is 20.3. The van der Waals surface area contributed by atoms with Crippen LogP contribution in [0, 0.1) is 6.92 Å². The zero-order valence-electron chi connectivity index (χ0n) is 17.0. The Hall–Kier alpha value is -2.76. The molecule has 1 fully saturated rings. The number of furan rings is 1. The van der Waals surface area contributed by atoms with E-state index in [0.717, 1.165) is 5.56 Å². The smallest absolute Gasteiger partial charge is 0.289 e. The van der Waals surface area contributed by atoms with Gasteiger partial charge in [-0.3, -0.25) is 9.59 Å². The summed E-state index contributed by atoms with van der Waals surface area (Å²) in [4.78, 5) is 28.5. The molecule has 6 nitrogen and oxygen atoms in total. The third-order valence-corrected chi connectivity index (χ3v) is 5.13. The summed E-state index contributed by atoms with van der Waals surface area (Å²) in [5, 5.41) is 0. The van der Waals surface area contributed by atoms with Gasteiger partial charge in [-0.1, -0.05) is 19.9 Å². The Balaban J connectivity index is 1.54. The molecule has 0 spiro atoms. The minimum Gasteiger partial charge on any atom is -0.481 e. The van der Waals surface area contributed by atoms with Gasteiger partial charge in [0.25, 0.3) is 11.8 Å². The summed E-state index contributed by atoms with van der Waals surface area (Å²) in [6.45, 7) is 10.1. The number of carbonyl (C=O) groups excluding carboxylic acids is 2. The SMILES string of the molecule is Cc1cc(O[C@@H](C)C(=O)N2CCN(C(=O)c3ccco3)CC2)ccc1C(C)C. The van der Waals surface area contributed by atoms with Gasteiger partial charge in [0.1, 0.15) is 5.75 Å². The summed E-state index contributed by atoms with van der Waals surface area (Å²) in [6.07, 6.45) is 0.915. The van der Waals surface area contributed by atoms with Gasteiger partial charge in [-0.25, -0.2) is 0 Å². The number of piperazine rings is 1. The lowest BCUT2D eigenvalue weighted by Crippen LogP contribution is -2.53. The van der Waals surface area contributed by atoms with Crippen LogP contribution in [0.3, 0.4) is 0 Å². The van der Waals surface area contributed by atoms with Crippen molar-refractivity contribution in [2.45, 2.75) is 39.7 Å². The zero-order valence-corrected chi connectivity index (χ0v) is 17.0. The van der Waals surface area contributed by atoms with Crippen molar-refractivity contribution in [1.82, 2.24) is 9.80 Å². The van der Waals surface area contributed by atoms with Crippen molar-refractivity contribution >= 4 is 11.8 Å². The lowest BCUT2D eigenvalue weighted by Gasteiger charge is -2.35. The molecular formula is C22H28N2O4. The van der Waals surface area contributed by atoms with Crippen LogP contribution in [-0.4, -0.2) is 53.9 Å². The average Bonchev–Trinajstić information content (AvgIpc) is 3.21. The lowest BCUT2D eigenvalue weighted by atomic mass is 9.98. The molecule has 6 heteroatoms. The molecule has 1 aromatic heterocycles. The number of hydrogen-bond acceptors (Lipinski definition) is 4. The van der Waals surface area contributed by atoms with E-state index < -0.39 is 6.10 Å². The number of carbonyl (C=O) groups is 2. The van der Waals surface area contributed by atoms with Gasteiger partial charge in [0.05, 0.1) is 6.26 Å². The summed E-state index contributed by atoms with van der Waals surface area (Å²) in [7, 11) is 0. The minimum atomic E-state index is -0.573. The molecule has 0 unspecified atom stereocenters. The molecule has 28 heavy (non-hydrogen) atoms. The van der Waals surface area contributed by atoms with Crippen molar-refractivity contribution in [2.24, 2.45) is 0 Å². The molecule has 1 aliphatic heterocycles. The molecule has 2 aromatic rings. The van der Waals surface area contributed by atoms with Gasteiger partial charge in [-0.15, -0.1) is 0 Å². The minimum absolute atomic E-state index is 0.0595. The van der Waals surface area contributed by atoms with E-state index in [4.69, 9.17) is 9.15 Å². The molecule has 1 saturated heterocycles. The van der Waals surface area contributed by atoms with Crippen molar-refractivity contribution in [3.05, 3.63) is 53.5 Å². The number of aryl methyl sites for hydroxylation is 1. The fraction of sp³-hybridized carbons (Fsp3) is 0.455. The maximum absolute atomic E-state index is 12.7. The van der Waals surface area contributed by atoms with E-state index in [1.165, 1.54) is 11.8 Å². The topological polar surface area (TPSA) is 63.0 Å². The van der Waals surface area contributed by atoms with Crippen LogP contribution in [-0.2, 0) is 4.79 Å². The van der Waals surface area contributed by atoms with E-state index in [1.54, 1.807) is 28.9 Å². The number of hydrogen-bond donors (Lipinski definition) is 0. The third kappa shape index (κ3) is 4.38. The maximum Gasteiger partial charge on any atom is 0.289 e. The predicted molar refractivity (Wildman–Crippen MR) is 107 cm³/mol. The van der Waals surface area contributed by atoms with Crippen LogP contribution >= 0.6 is 0 Å². The molecule has 2 heterocycles. The molecule has 0 radical (unpaired) electrons. The Morgan fingerprint density at radius 3 is 2.29 bits per heavy atom. The van der Waals surface area contributed by atoms with Crippen LogP contribution < -0.4 is 4.74 Å². The molecule has 1 aliphatic rings. The predicted octanol–water partition coefficient (Wildman–Crippen LogP) is 3.46. The fourth-order valence-electron chi connectivity index (χ4n) is 3.57. The molecular weight excluding hydrogens is 356 g/mol. The highest BCUT2D eigenvalue weighted by Crippen LogP contribution is 2.24. The van der Waals surface area contributed by atoms with Crippen molar-refractivity contribution in [1.29, 1.82) is 0 Å². The molecule has 150 valence electrons. The first-order valence-electron chi connectivity index (χ1n) is 9.75. The Bertz CT molecular complexity index is 821. The van der Waals surface area contributed by atoms with Crippen molar-refractivity contribution < 1.29 is 18.7 Å². The van der Waals surface area contributed by atoms with Crippen LogP contribution in [0.25, 0.3) is 0 Å². The number of benzene rings is 1. The molecule has 1 aromatic carbocycles. The first-order valence-corrected chi connectivity index (χ1v) is 9.75. The van der Waals surface area contributed by atoms with E-state index in [1.807, 2.05) is 12.1 Å². The molecule has 3 rings (SSSR count). The van der Waals surface area contributed by atoms with Gasteiger partial charge in [0, 0.05) is 26.2 Å². The number of rotatable bonds is 5. The second-order valence-corrected chi connectivity index (χ2v) is 7.53. The summed E-state index contributed by atoms with van der Waals surface area (Å²) in [5.41, 5.74) is 2.45. The lowest BCUT2D eigenvalue weighted by molar-refractivity contribution is -0.139. The standard InChI is InChI=1S/C22H28N2O4/c1-15(2)19-8-7-18(14-16(19)3)28-17(4)21(25)23-9-11-24(12-10-23)22(26)20-6-5-13-27-20/h5-8,13-15,17H,9-12H2,1-4H3/t17-/m0/s1. The van der Waals surface area contributed by atoms with Gasteiger partial charge in [0.15, 0.2) is 11.9 Å². The number of nitrogens with zero attached hydrogens (tertiary/aromatic N) is 2. The summed E-state index contributed by atoms with van der Waals surface area (Å²) >= 11 is 0. The Kier molecular flexibility index (Phi) is 6.07. The Labute approximate surface area is 166 Å². The Morgan fingerprint density at radius 2 is 1.71 bits per heavy atom. The fourth-order valence-corrected chi connectivity index (χ4v) is 3.57. The largest absolute Gasteiger partial charge is 0.481 e.